The van der Waals surface area contributed by atoms with Crippen LogP contribution < -0.4 is 10.2 Å². The topological polar surface area (TPSA) is 108 Å². The van der Waals surface area contributed by atoms with E-state index in [9.17, 15) is 9.59 Å². The highest BCUT2D eigenvalue weighted by Gasteiger charge is 2.42. The van der Waals surface area contributed by atoms with Crippen LogP contribution >= 0.6 is 0 Å². The number of ether oxygens (including phenoxy) is 2. The summed E-state index contributed by atoms with van der Waals surface area (Å²) in [4.78, 5) is 32.5. The Kier molecular flexibility index (Phi) is 13.1. The number of amides is 2. The second kappa shape index (κ2) is 15.8. The van der Waals surface area contributed by atoms with Crippen LogP contribution in [0.5, 0.6) is 0 Å². The molecule has 0 unspecified atom stereocenters. The number of pyridine rings is 1. The Morgan fingerprint density at radius 3 is 2.18 bits per heavy atom. The van der Waals surface area contributed by atoms with Gasteiger partial charge in [-0.3, -0.25) is 4.98 Å². The second-order valence-electron chi connectivity index (χ2n) is 18.6. The highest BCUT2D eigenvalue weighted by molar-refractivity contribution is 6.74. The average Bonchev–Trinajstić information content (AvgIpc) is 3.56. The monoisotopic (exact) mass is 713 g/mol. The molecule has 2 aromatic rings. The zero-order valence-corrected chi connectivity index (χ0v) is 34.8. The van der Waals surface area contributed by atoms with Crippen LogP contribution in [0.15, 0.2) is 24.4 Å². The summed E-state index contributed by atoms with van der Waals surface area (Å²) in [6.45, 7) is 31.0. The number of hydrogen-bond donors (Lipinski definition) is 1. The van der Waals surface area contributed by atoms with Crippen molar-refractivity contribution in [2.75, 3.05) is 4.90 Å². The zero-order valence-electron chi connectivity index (χ0n) is 33.8. The number of nitrogens with zero attached hydrogens (tertiary/aromatic N) is 4. The molecule has 1 fully saturated rings. The van der Waals surface area contributed by atoms with E-state index >= 15 is 0 Å². The van der Waals surface area contributed by atoms with Gasteiger partial charge in [-0.15, -0.1) is 0 Å². The predicted molar refractivity (Wildman–Crippen MR) is 205 cm³/mol. The number of carbonyl (C=O) groups is 2. The normalized spacial score (nSPS) is 18.1. The van der Waals surface area contributed by atoms with Crippen LogP contribution in [0.1, 0.15) is 146 Å². The number of hydrogen-bond acceptors (Lipinski definition) is 7. The molecule has 2 amide bonds. The van der Waals surface area contributed by atoms with Crippen molar-refractivity contribution in [2.45, 2.75) is 188 Å². The molecule has 3 rings (SSSR count). The van der Waals surface area contributed by atoms with E-state index in [4.69, 9.17) is 19.0 Å². The molecule has 3 atom stereocenters. The molecule has 0 radical (unpaired) electrons. The summed E-state index contributed by atoms with van der Waals surface area (Å²) in [6, 6.07) is 5.91. The van der Waals surface area contributed by atoms with Crippen molar-refractivity contribution in [3.05, 3.63) is 35.8 Å². The van der Waals surface area contributed by atoms with Crippen LogP contribution in [0.3, 0.4) is 0 Å². The van der Waals surface area contributed by atoms with Gasteiger partial charge in [0.1, 0.15) is 17.0 Å². The first kappa shape index (κ1) is 41.5. The Morgan fingerprint density at radius 1 is 0.960 bits per heavy atom. The third kappa shape index (κ3) is 12.1. The summed E-state index contributed by atoms with van der Waals surface area (Å²) in [7, 11) is -1.90. The maximum Gasteiger partial charge on any atom is 0.420 e. The van der Waals surface area contributed by atoms with Crippen LogP contribution in [0.25, 0.3) is 0 Å². The first-order valence-electron chi connectivity index (χ1n) is 18.5. The van der Waals surface area contributed by atoms with Gasteiger partial charge in [0.2, 0.25) is 0 Å². The molecular weight excluding hydrogens is 647 g/mol. The second-order valence-corrected chi connectivity index (χ2v) is 23.4. The number of carbonyl (C=O) groups excluding carboxylic acids is 2. The fourth-order valence-corrected chi connectivity index (χ4v) is 7.27. The molecule has 1 aliphatic rings. The van der Waals surface area contributed by atoms with Crippen molar-refractivity contribution in [3.8, 4) is 0 Å². The predicted octanol–water partition coefficient (Wildman–Crippen LogP) is 10.4. The van der Waals surface area contributed by atoms with Crippen molar-refractivity contribution in [2.24, 2.45) is 0 Å². The molecule has 0 spiro atoms. The fraction of sp³-hybridized carbons (Fsp3) is 0.744. The van der Waals surface area contributed by atoms with Gasteiger partial charge in [0.25, 0.3) is 0 Å². The zero-order chi connectivity index (χ0) is 37.9. The molecule has 0 aromatic carbocycles. The maximum atomic E-state index is 14.1. The Labute approximate surface area is 303 Å². The third-order valence-corrected chi connectivity index (χ3v) is 13.9. The summed E-state index contributed by atoms with van der Waals surface area (Å²) >= 11 is 0. The smallest absolute Gasteiger partial charge is 0.420 e. The Hall–Kier alpha value is -2.92. The van der Waals surface area contributed by atoms with Crippen molar-refractivity contribution in [1.29, 1.82) is 0 Å². The molecule has 1 saturated carbocycles. The lowest BCUT2D eigenvalue weighted by Crippen LogP contribution is -2.43. The highest BCUT2D eigenvalue weighted by atomic mass is 28.4. The fourth-order valence-electron chi connectivity index (χ4n) is 5.87. The molecule has 2 aromatic heterocycles. The van der Waals surface area contributed by atoms with E-state index in [2.05, 4.69) is 71.0 Å². The molecule has 11 heteroatoms. The standard InChI is InChI=1S/C39H67N5O5Si/c1-27(41-34(45)47-37(5,6)7)18-16-17-19-29-25-30(22-23-40-29)43(35(46)48-38(8,9)10)33-26-32(42-44(33)36(2,3)4)28-20-21-31(24-28)49-50(14,15)39(11,12)13/h22-23,25-28,31H,16-21,24H2,1-15H3,(H,41,45)/t27-,28+,31-/m1/s1. The number of nitrogens with one attached hydrogen (secondary N) is 1. The van der Waals surface area contributed by atoms with E-state index in [1.54, 1.807) is 11.1 Å². The molecule has 50 heavy (non-hydrogen) atoms. The lowest BCUT2D eigenvalue weighted by atomic mass is 10.0. The van der Waals surface area contributed by atoms with E-state index in [1.807, 2.05) is 65.3 Å². The molecule has 0 bridgehead atoms. The van der Waals surface area contributed by atoms with Crippen LogP contribution in [0.4, 0.5) is 21.1 Å². The highest BCUT2D eigenvalue weighted by Crippen LogP contribution is 2.44. The van der Waals surface area contributed by atoms with Gasteiger partial charge in [0.15, 0.2) is 8.32 Å². The first-order valence-corrected chi connectivity index (χ1v) is 21.4. The summed E-state index contributed by atoms with van der Waals surface area (Å²) in [5, 5.41) is 8.25. The molecule has 0 aliphatic heterocycles. The lowest BCUT2D eigenvalue weighted by Gasteiger charge is -2.38. The Balaban J connectivity index is 1.86. The molecule has 2 heterocycles. The van der Waals surface area contributed by atoms with E-state index in [-0.39, 0.29) is 23.1 Å². The van der Waals surface area contributed by atoms with Gasteiger partial charge in [-0.25, -0.2) is 19.2 Å². The van der Waals surface area contributed by atoms with E-state index in [0.29, 0.717) is 11.5 Å². The van der Waals surface area contributed by atoms with Gasteiger partial charge < -0.3 is 19.2 Å². The SMILES string of the molecule is C[C@H](CCCCc1cc(N(C(=O)OC(C)(C)C)c2cc([C@H]3CC[C@@H](O[Si](C)(C)C(C)(C)C)C3)nn2C(C)(C)C)ccn1)NC(=O)OC(C)(C)C. The van der Waals surface area contributed by atoms with Crippen LogP contribution in [0.2, 0.25) is 18.1 Å². The van der Waals surface area contributed by atoms with Crippen molar-refractivity contribution >= 4 is 32.0 Å². The number of unbranched alkanes of at least 4 members (excludes halogenated alkanes) is 1. The lowest BCUT2D eigenvalue weighted by molar-refractivity contribution is 0.0504. The van der Waals surface area contributed by atoms with Crippen LogP contribution in [-0.4, -0.2) is 58.6 Å². The minimum Gasteiger partial charge on any atom is -0.444 e. The molecular formula is C39H67N5O5Si. The third-order valence-electron chi connectivity index (χ3n) is 9.36. The van der Waals surface area contributed by atoms with Crippen LogP contribution in [0, 0.1) is 0 Å². The molecule has 1 aliphatic carbocycles. The summed E-state index contributed by atoms with van der Waals surface area (Å²) in [5.41, 5.74) is 0.930. The van der Waals surface area contributed by atoms with E-state index in [0.717, 1.165) is 56.3 Å². The van der Waals surface area contributed by atoms with Gasteiger partial charge in [-0.05, 0) is 138 Å². The van der Waals surface area contributed by atoms with Gasteiger partial charge in [0.05, 0.1) is 16.9 Å². The summed E-state index contributed by atoms with van der Waals surface area (Å²) in [6.07, 6.45) is 7.38. The minimum absolute atomic E-state index is 0.00699. The van der Waals surface area contributed by atoms with Crippen molar-refractivity contribution < 1.29 is 23.5 Å². The molecule has 10 nitrogen and oxygen atoms in total. The summed E-state index contributed by atoms with van der Waals surface area (Å²) < 4.78 is 20.2. The summed E-state index contributed by atoms with van der Waals surface area (Å²) in [5.74, 6) is 0.919. The number of aromatic nitrogens is 3. The van der Waals surface area contributed by atoms with E-state index in [1.165, 1.54) is 0 Å². The van der Waals surface area contributed by atoms with Crippen LogP contribution in [-0.2, 0) is 25.9 Å². The van der Waals surface area contributed by atoms with Gasteiger partial charge >= 0.3 is 12.2 Å². The average molecular weight is 714 g/mol. The molecule has 1 N–H and O–H groups in total. The Bertz CT molecular complexity index is 1440. The minimum atomic E-state index is -1.90. The van der Waals surface area contributed by atoms with E-state index < -0.39 is 37.2 Å². The van der Waals surface area contributed by atoms with Crippen molar-refractivity contribution in [3.63, 3.8) is 0 Å². The quantitative estimate of drug-likeness (QED) is 0.182. The molecule has 282 valence electrons. The number of rotatable bonds is 11. The van der Waals surface area contributed by atoms with Gasteiger partial charge in [-0.2, -0.15) is 5.10 Å². The number of anilines is 2. The first-order chi connectivity index (χ1) is 22.8. The largest absolute Gasteiger partial charge is 0.444 e. The Morgan fingerprint density at radius 2 is 1.60 bits per heavy atom. The molecule has 0 saturated heterocycles. The maximum absolute atomic E-state index is 14.1. The van der Waals surface area contributed by atoms with Crippen molar-refractivity contribution in [1.82, 2.24) is 20.1 Å². The van der Waals surface area contributed by atoms with Gasteiger partial charge in [-0.1, -0.05) is 27.2 Å². The number of aryl methyl sites for hydroxylation is 1. The number of alkyl carbamates (subject to hydrolysis) is 1. The van der Waals surface area contributed by atoms with Gasteiger partial charge in [0, 0.05) is 36.0 Å².